The van der Waals surface area contributed by atoms with Gasteiger partial charge in [-0.25, -0.2) is 4.39 Å². The summed E-state index contributed by atoms with van der Waals surface area (Å²) in [6.45, 7) is 0.131. The number of aliphatic hydroxyl groups is 1. The molecule has 0 amide bonds. The molecule has 2 atom stereocenters. The third-order valence-corrected chi connectivity index (χ3v) is 3.69. The molecule has 0 fully saturated rings. The van der Waals surface area contributed by atoms with Crippen LogP contribution in [-0.2, 0) is 0 Å². The number of methoxy groups -OCH3 is 1. The molecule has 0 spiro atoms. The molecule has 0 heterocycles. The molecule has 2 rings (SSSR count). The first-order valence-electron chi connectivity index (χ1n) is 6.54. The number of rotatable bonds is 5. The van der Waals surface area contributed by atoms with Gasteiger partial charge in [0.15, 0.2) is 0 Å². The topological polar surface area (TPSA) is 55.5 Å². The van der Waals surface area contributed by atoms with Gasteiger partial charge in [0.2, 0.25) is 0 Å². The van der Waals surface area contributed by atoms with Crippen LogP contribution in [0.5, 0.6) is 5.75 Å². The van der Waals surface area contributed by atoms with Crippen LogP contribution in [0.3, 0.4) is 0 Å². The van der Waals surface area contributed by atoms with Crippen LogP contribution >= 0.6 is 11.6 Å². The van der Waals surface area contributed by atoms with E-state index in [0.29, 0.717) is 16.3 Å². The third kappa shape index (κ3) is 3.35. The Balaban J connectivity index is 2.44. The number of ether oxygens (including phenoxy) is 1. The summed E-state index contributed by atoms with van der Waals surface area (Å²) in [5.41, 5.74) is 6.65. The molecule has 2 aromatic rings. The van der Waals surface area contributed by atoms with Crippen molar-refractivity contribution in [2.45, 2.75) is 12.0 Å². The van der Waals surface area contributed by atoms with Crippen LogP contribution in [0, 0.1) is 5.82 Å². The van der Waals surface area contributed by atoms with Gasteiger partial charge in [0.05, 0.1) is 13.2 Å². The van der Waals surface area contributed by atoms with E-state index in [4.69, 9.17) is 22.1 Å². The fourth-order valence-electron chi connectivity index (χ4n) is 2.35. The lowest BCUT2D eigenvalue weighted by Gasteiger charge is -2.24. The van der Waals surface area contributed by atoms with Gasteiger partial charge in [-0.2, -0.15) is 0 Å². The quantitative estimate of drug-likeness (QED) is 0.891. The van der Waals surface area contributed by atoms with Crippen LogP contribution in [-0.4, -0.2) is 18.8 Å². The number of halogens is 2. The average Bonchev–Trinajstić information content (AvgIpc) is 2.48. The van der Waals surface area contributed by atoms with Gasteiger partial charge in [0, 0.05) is 28.6 Å². The fraction of sp³-hybridized carbons (Fsp3) is 0.250. The lowest BCUT2D eigenvalue weighted by molar-refractivity contribution is 0.141. The summed E-state index contributed by atoms with van der Waals surface area (Å²) in [6.07, 6.45) is -1.08. The Morgan fingerprint density at radius 2 is 1.95 bits per heavy atom. The third-order valence-electron chi connectivity index (χ3n) is 3.45. The molecular weight excluding hydrogens is 293 g/mol. The molecule has 0 aliphatic heterocycles. The second-order valence-electron chi connectivity index (χ2n) is 4.69. The molecule has 0 aliphatic carbocycles. The van der Waals surface area contributed by atoms with Gasteiger partial charge in [0.25, 0.3) is 0 Å². The Hall–Kier alpha value is -1.62. The second kappa shape index (κ2) is 6.89. The number of aliphatic hydroxyl groups excluding tert-OH is 1. The lowest BCUT2D eigenvalue weighted by Crippen LogP contribution is -2.21. The molecular formula is C16H17ClFNO2. The van der Waals surface area contributed by atoms with Crippen molar-refractivity contribution in [3.8, 4) is 5.75 Å². The molecule has 0 bridgehead atoms. The zero-order chi connectivity index (χ0) is 15.4. The molecule has 0 saturated heterocycles. The van der Waals surface area contributed by atoms with E-state index in [1.807, 2.05) is 0 Å². The zero-order valence-corrected chi connectivity index (χ0v) is 12.3. The van der Waals surface area contributed by atoms with E-state index in [-0.39, 0.29) is 12.1 Å². The Bertz CT molecular complexity index is 621. The largest absolute Gasteiger partial charge is 0.496 e. The minimum Gasteiger partial charge on any atom is -0.496 e. The molecule has 112 valence electrons. The highest BCUT2D eigenvalue weighted by molar-refractivity contribution is 6.30. The normalized spacial score (nSPS) is 13.8. The van der Waals surface area contributed by atoms with E-state index in [9.17, 15) is 9.50 Å². The standard InChI is InChI=1S/C16H17ClFNO2/c1-21-15-7-6-10(17)8-12(15)13(9-19)16(20)11-4-2-3-5-14(11)18/h2-8,13,16,20H,9,19H2,1H3. The van der Waals surface area contributed by atoms with E-state index in [1.165, 1.54) is 13.2 Å². The molecule has 5 heteroatoms. The minimum atomic E-state index is -1.08. The molecule has 2 unspecified atom stereocenters. The molecule has 0 aliphatic rings. The summed E-state index contributed by atoms with van der Waals surface area (Å²) < 4.78 is 19.1. The SMILES string of the molecule is COc1ccc(Cl)cc1C(CN)C(O)c1ccccc1F. The van der Waals surface area contributed by atoms with Crippen LogP contribution in [0.25, 0.3) is 0 Å². The average molecular weight is 310 g/mol. The van der Waals surface area contributed by atoms with E-state index < -0.39 is 17.8 Å². The van der Waals surface area contributed by atoms with Crippen molar-refractivity contribution in [2.75, 3.05) is 13.7 Å². The number of hydrogen-bond donors (Lipinski definition) is 2. The Morgan fingerprint density at radius 3 is 2.57 bits per heavy atom. The molecule has 3 N–H and O–H groups in total. The molecule has 0 saturated carbocycles. The summed E-state index contributed by atoms with van der Waals surface area (Å²) in [5, 5.41) is 11.0. The van der Waals surface area contributed by atoms with Gasteiger partial charge < -0.3 is 15.6 Å². The smallest absolute Gasteiger partial charge is 0.129 e. The van der Waals surface area contributed by atoms with E-state index in [1.54, 1.807) is 36.4 Å². The van der Waals surface area contributed by atoms with E-state index in [2.05, 4.69) is 0 Å². The van der Waals surface area contributed by atoms with Crippen molar-refractivity contribution < 1.29 is 14.2 Å². The van der Waals surface area contributed by atoms with Crippen LogP contribution < -0.4 is 10.5 Å². The van der Waals surface area contributed by atoms with Gasteiger partial charge in [-0.05, 0) is 24.3 Å². The van der Waals surface area contributed by atoms with Gasteiger partial charge >= 0.3 is 0 Å². The van der Waals surface area contributed by atoms with Gasteiger partial charge in [-0.3, -0.25) is 0 Å². The maximum absolute atomic E-state index is 13.9. The minimum absolute atomic E-state index is 0.131. The van der Waals surface area contributed by atoms with Crippen molar-refractivity contribution >= 4 is 11.6 Å². The molecule has 2 aromatic carbocycles. The highest BCUT2D eigenvalue weighted by Crippen LogP contribution is 2.37. The van der Waals surface area contributed by atoms with Gasteiger partial charge in [-0.1, -0.05) is 29.8 Å². The van der Waals surface area contributed by atoms with Crippen molar-refractivity contribution in [1.82, 2.24) is 0 Å². The highest BCUT2D eigenvalue weighted by Gasteiger charge is 2.26. The van der Waals surface area contributed by atoms with Crippen LogP contribution in [0.2, 0.25) is 5.02 Å². The second-order valence-corrected chi connectivity index (χ2v) is 5.13. The van der Waals surface area contributed by atoms with Crippen molar-refractivity contribution in [3.63, 3.8) is 0 Å². The van der Waals surface area contributed by atoms with Crippen LogP contribution in [0.1, 0.15) is 23.1 Å². The molecule has 3 nitrogen and oxygen atoms in total. The van der Waals surface area contributed by atoms with E-state index in [0.717, 1.165) is 0 Å². The summed E-state index contributed by atoms with van der Waals surface area (Å²) in [6, 6.07) is 11.2. The first kappa shape index (κ1) is 15.8. The first-order valence-corrected chi connectivity index (χ1v) is 6.92. The predicted molar refractivity (Wildman–Crippen MR) is 81.2 cm³/mol. The maximum Gasteiger partial charge on any atom is 0.129 e. The van der Waals surface area contributed by atoms with Crippen molar-refractivity contribution in [1.29, 1.82) is 0 Å². The summed E-state index contributed by atoms with van der Waals surface area (Å²) in [7, 11) is 1.52. The zero-order valence-electron chi connectivity index (χ0n) is 11.6. The number of benzene rings is 2. The van der Waals surface area contributed by atoms with Crippen molar-refractivity contribution in [3.05, 3.63) is 64.4 Å². The van der Waals surface area contributed by atoms with Gasteiger partial charge in [0.1, 0.15) is 11.6 Å². The predicted octanol–water partition coefficient (Wildman–Crippen LogP) is 3.26. The fourth-order valence-corrected chi connectivity index (χ4v) is 2.53. The summed E-state index contributed by atoms with van der Waals surface area (Å²) >= 11 is 6.00. The molecule has 0 aromatic heterocycles. The lowest BCUT2D eigenvalue weighted by atomic mass is 9.88. The Morgan fingerprint density at radius 1 is 1.24 bits per heavy atom. The Kier molecular flexibility index (Phi) is 5.17. The first-order chi connectivity index (χ1) is 10.1. The van der Waals surface area contributed by atoms with Gasteiger partial charge in [-0.15, -0.1) is 0 Å². The maximum atomic E-state index is 13.9. The van der Waals surface area contributed by atoms with Crippen LogP contribution in [0.4, 0.5) is 4.39 Å². The van der Waals surface area contributed by atoms with E-state index >= 15 is 0 Å². The number of hydrogen-bond acceptors (Lipinski definition) is 3. The summed E-state index contributed by atoms with van der Waals surface area (Å²) in [5.74, 6) is -0.426. The monoisotopic (exact) mass is 309 g/mol. The van der Waals surface area contributed by atoms with Crippen molar-refractivity contribution in [2.24, 2.45) is 5.73 Å². The number of nitrogens with two attached hydrogens (primary N) is 1. The highest BCUT2D eigenvalue weighted by atomic mass is 35.5. The van der Waals surface area contributed by atoms with Crippen LogP contribution in [0.15, 0.2) is 42.5 Å². The molecule has 21 heavy (non-hydrogen) atoms. The molecule has 0 radical (unpaired) electrons. The Labute approximate surface area is 128 Å². The summed E-state index contributed by atoms with van der Waals surface area (Å²) in [4.78, 5) is 0.